The van der Waals surface area contributed by atoms with Gasteiger partial charge < -0.3 is 21.3 Å². The Kier molecular flexibility index (Phi) is 5.22. The van der Waals surface area contributed by atoms with Gasteiger partial charge in [-0.3, -0.25) is 14.4 Å². The highest BCUT2D eigenvalue weighted by atomic mass is 16.2. The minimum Gasteiger partial charge on any atom is -0.399 e. The van der Waals surface area contributed by atoms with E-state index in [0.29, 0.717) is 36.3 Å². The van der Waals surface area contributed by atoms with E-state index < -0.39 is 6.04 Å². The van der Waals surface area contributed by atoms with E-state index in [0.717, 1.165) is 11.1 Å². The summed E-state index contributed by atoms with van der Waals surface area (Å²) in [6.45, 7) is 0.605. The number of nitrogens with zero attached hydrogens (tertiary/aromatic N) is 1. The molecule has 1 aliphatic carbocycles. The third-order valence-corrected chi connectivity index (χ3v) is 5.42. The molecule has 0 saturated heterocycles. The van der Waals surface area contributed by atoms with E-state index in [4.69, 9.17) is 5.73 Å². The summed E-state index contributed by atoms with van der Waals surface area (Å²) in [6.07, 6.45) is 0.617. The van der Waals surface area contributed by atoms with Crippen molar-refractivity contribution in [3.05, 3.63) is 59.2 Å². The first-order valence-corrected chi connectivity index (χ1v) is 9.78. The number of anilines is 2. The van der Waals surface area contributed by atoms with Gasteiger partial charge in [0.1, 0.15) is 5.78 Å². The Hall–Kier alpha value is -3.68. The quantitative estimate of drug-likeness (QED) is 0.531. The Morgan fingerprint density at radius 1 is 1.13 bits per heavy atom. The summed E-state index contributed by atoms with van der Waals surface area (Å²) in [5.41, 5.74) is 8.99. The average Bonchev–Trinajstić information content (AvgIpc) is 3.02. The van der Waals surface area contributed by atoms with E-state index in [9.17, 15) is 19.2 Å². The molecule has 154 valence electrons. The fourth-order valence-corrected chi connectivity index (χ4v) is 3.90. The van der Waals surface area contributed by atoms with E-state index in [1.165, 1.54) is 0 Å². The van der Waals surface area contributed by atoms with Crippen LogP contribution in [0.5, 0.6) is 0 Å². The smallest absolute Gasteiger partial charge is 0.319 e. The lowest BCUT2D eigenvalue weighted by atomic mass is 9.92. The zero-order chi connectivity index (χ0) is 21.3. The van der Waals surface area contributed by atoms with Crippen molar-refractivity contribution in [3.63, 3.8) is 0 Å². The minimum atomic E-state index is -0.534. The van der Waals surface area contributed by atoms with Crippen LogP contribution in [0.1, 0.15) is 40.7 Å². The molecule has 1 heterocycles. The zero-order valence-electron chi connectivity index (χ0n) is 16.3. The molecule has 3 amide bonds. The summed E-state index contributed by atoms with van der Waals surface area (Å²) in [4.78, 5) is 50.2. The topological polar surface area (TPSA) is 122 Å². The fourth-order valence-electron chi connectivity index (χ4n) is 3.90. The summed E-state index contributed by atoms with van der Waals surface area (Å²) in [6, 6.07) is 11.4. The number of urea groups is 1. The van der Waals surface area contributed by atoms with Crippen LogP contribution in [0, 0.1) is 0 Å². The van der Waals surface area contributed by atoms with Crippen LogP contribution < -0.4 is 16.4 Å². The number of fused-ring (bicyclic) bond motifs is 1. The molecule has 1 unspecified atom stereocenters. The molecule has 1 fully saturated rings. The number of Topliss-reactive ketones (excluding diaryl/α,β-unsaturated/α-hetero) is 2. The molecule has 0 spiro atoms. The van der Waals surface area contributed by atoms with Gasteiger partial charge in [0, 0.05) is 36.4 Å². The van der Waals surface area contributed by atoms with Crippen LogP contribution in [-0.2, 0) is 22.7 Å². The van der Waals surface area contributed by atoms with Gasteiger partial charge in [-0.15, -0.1) is 0 Å². The van der Waals surface area contributed by atoms with Crippen molar-refractivity contribution in [3.8, 4) is 0 Å². The number of rotatable bonds is 4. The molecule has 2 aliphatic rings. The Labute approximate surface area is 173 Å². The lowest BCUT2D eigenvalue weighted by Gasteiger charge is -2.29. The number of nitrogen functional groups attached to an aromatic ring is 1. The normalized spacial score (nSPS) is 18.3. The van der Waals surface area contributed by atoms with Crippen molar-refractivity contribution in [1.29, 1.82) is 0 Å². The van der Waals surface area contributed by atoms with Gasteiger partial charge in [0.2, 0.25) is 0 Å². The predicted molar refractivity (Wildman–Crippen MR) is 111 cm³/mol. The van der Waals surface area contributed by atoms with Crippen molar-refractivity contribution in [2.45, 2.75) is 38.4 Å². The highest BCUT2D eigenvalue weighted by Gasteiger charge is 2.38. The Morgan fingerprint density at radius 3 is 2.73 bits per heavy atom. The maximum Gasteiger partial charge on any atom is 0.319 e. The van der Waals surface area contributed by atoms with Gasteiger partial charge in [0.05, 0.1) is 12.5 Å². The zero-order valence-corrected chi connectivity index (χ0v) is 16.3. The Bertz CT molecular complexity index is 1050. The van der Waals surface area contributed by atoms with Crippen LogP contribution in [0.2, 0.25) is 0 Å². The van der Waals surface area contributed by atoms with Gasteiger partial charge in [-0.1, -0.05) is 18.2 Å². The number of ketones is 2. The van der Waals surface area contributed by atoms with Gasteiger partial charge in [0.15, 0.2) is 5.78 Å². The summed E-state index contributed by atoms with van der Waals surface area (Å²) >= 11 is 0. The SMILES string of the molecule is Nc1cccc(NC(=O)NCc2ccc3c(c2)C(=O)N(C2CCC(=O)CC2=O)C3)c1. The van der Waals surface area contributed by atoms with Crippen LogP contribution in [0.3, 0.4) is 0 Å². The summed E-state index contributed by atoms with van der Waals surface area (Å²) in [5.74, 6) is -0.457. The van der Waals surface area contributed by atoms with Gasteiger partial charge in [-0.05, 0) is 41.8 Å². The largest absolute Gasteiger partial charge is 0.399 e. The number of nitrogens with two attached hydrogens (primary N) is 1. The second-order valence-electron chi connectivity index (χ2n) is 7.59. The molecule has 2 aromatic rings. The highest BCUT2D eigenvalue weighted by molar-refractivity contribution is 6.07. The van der Waals surface area contributed by atoms with E-state index >= 15 is 0 Å². The molecule has 0 aromatic heterocycles. The number of hydrogen-bond donors (Lipinski definition) is 3. The first-order valence-electron chi connectivity index (χ1n) is 9.78. The van der Waals surface area contributed by atoms with Gasteiger partial charge in [0.25, 0.3) is 5.91 Å². The van der Waals surface area contributed by atoms with Crippen LogP contribution in [0.4, 0.5) is 16.2 Å². The first-order chi connectivity index (χ1) is 14.4. The average molecular weight is 406 g/mol. The Morgan fingerprint density at radius 2 is 1.97 bits per heavy atom. The van der Waals surface area contributed by atoms with Crippen LogP contribution >= 0.6 is 0 Å². The maximum atomic E-state index is 12.9. The molecular formula is C22H22N4O4. The monoisotopic (exact) mass is 406 g/mol. The number of amides is 3. The maximum absolute atomic E-state index is 12.9. The number of benzene rings is 2. The van der Waals surface area contributed by atoms with E-state index in [1.54, 1.807) is 35.2 Å². The molecule has 1 saturated carbocycles. The van der Waals surface area contributed by atoms with Crippen molar-refractivity contribution < 1.29 is 19.2 Å². The van der Waals surface area contributed by atoms with Gasteiger partial charge in [-0.2, -0.15) is 0 Å². The molecule has 1 aliphatic heterocycles. The van der Waals surface area contributed by atoms with Crippen LogP contribution in [0.15, 0.2) is 42.5 Å². The van der Waals surface area contributed by atoms with E-state index in [2.05, 4.69) is 10.6 Å². The van der Waals surface area contributed by atoms with Gasteiger partial charge >= 0.3 is 6.03 Å². The third kappa shape index (κ3) is 4.03. The minimum absolute atomic E-state index is 0.0646. The molecule has 4 N–H and O–H groups in total. The number of nitrogens with one attached hydrogen (secondary N) is 2. The molecule has 30 heavy (non-hydrogen) atoms. The number of carbonyl (C=O) groups excluding carboxylic acids is 4. The molecule has 2 aromatic carbocycles. The number of carbonyl (C=O) groups is 4. The van der Waals surface area contributed by atoms with Crippen molar-refractivity contribution in [1.82, 2.24) is 10.2 Å². The lowest BCUT2D eigenvalue weighted by molar-refractivity contribution is -0.133. The van der Waals surface area contributed by atoms with Crippen molar-refractivity contribution in [2.75, 3.05) is 11.1 Å². The lowest BCUT2D eigenvalue weighted by Crippen LogP contribution is -2.44. The number of hydrogen-bond acceptors (Lipinski definition) is 5. The predicted octanol–water partition coefficient (Wildman–Crippen LogP) is 2.24. The summed E-state index contributed by atoms with van der Waals surface area (Å²) < 4.78 is 0. The third-order valence-electron chi connectivity index (χ3n) is 5.42. The van der Waals surface area contributed by atoms with Gasteiger partial charge in [-0.25, -0.2) is 4.79 Å². The summed E-state index contributed by atoms with van der Waals surface area (Å²) in [5, 5.41) is 5.45. The van der Waals surface area contributed by atoms with E-state index in [1.807, 2.05) is 12.1 Å². The fraction of sp³-hybridized carbons (Fsp3) is 0.273. The molecule has 8 nitrogen and oxygen atoms in total. The Balaban J connectivity index is 1.39. The first kappa shape index (κ1) is 19.6. The standard InChI is InChI=1S/C22H22N4O4/c23-15-2-1-3-16(9-15)25-22(30)24-11-13-4-5-14-12-26(21(29)18(14)8-13)19-7-6-17(27)10-20(19)28/h1-5,8-9,19H,6-7,10-12,23H2,(H2,24,25,30). The van der Waals surface area contributed by atoms with Crippen LogP contribution in [-0.4, -0.2) is 34.4 Å². The highest BCUT2D eigenvalue weighted by Crippen LogP contribution is 2.29. The molecule has 0 radical (unpaired) electrons. The van der Waals surface area contributed by atoms with Crippen molar-refractivity contribution in [2.24, 2.45) is 0 Å². The molecule has 1 atom stereocenters. The summed E-state index contributed by atoms with van der Waals surface area (Å²) in [7, 11) is 0. The molecular weight excluding hydrogens is 384 g/mol. The molecule has 0 bridgehead atoms. The second-order valence-corrected chi connectivity index (χ2v) is 7.59. The van der Waals surface area contributed by atoms with E-state index in [-0.39, 0.29) is 36.5 Å². The second kappa shape index (κ2) is 7.98. The van der Waals surface area contributed by atoms with Crippen LogP contribution in [0.25, 0.3) is 0 Å². The molecule has 4 rings (SSSR count). The molecule has 8 heteroatoms. The van der Waals surface area contributed by atoms with Crippen molar-refractivity contribution >= 4 is 34.9 Å².